The molecule has 0 amide bonds. The first kappa shape index (κ1) is 18.2. The minimum atomic E-state index is 0.570. The van der Waals surface area contributed by atoms with E-state index in [2.05, 4.69) is 27.1 Å². The Morgan fingerprint density at radius 3 is 2.38 bits per heavy atom. The predicted molar refractivity (Wildman–Crippen MR) is 101 cm³/mol. The van der Waals surface area contributed by atoms with Gasteiger partial charge >= 0.3 is 0 Å². The number of hydrogen-bond acceptors (Lipinski definition) is 7. The van der Waals surface area contributed by atoms with Crippen molar-refractivity contribution < 1.29 is 14.2 Å². The minimum absolute atomic E-state index is 0.570. The Kier molecular flexibility index (Phi) is 5.75. The Morgan fingerprint density at radius 1 is 1.08 bits per heavy atom. The number of nitrogens with zero attached hydrogens (tertiary/aromatic N) is 3. The van der Waals surface area contributed by atoms with Crippen molar-refractivity contribution in [2.45, 2.75) is 13.1 Å². The van der Waals surface area contributed by atoms with Crippen LogP contribution < -0.4 is 14.2 Å². The van der Waals surface area contributed by atoms with Gasteiger partial charge in [-0.3, -0.25) is 10.00 Å². The molecule has 2 aromatic heterocycles. The van der Waals surface area contributed by atoms with Gasteiger partial charge in [-0.15, -0.1) is 11.3 Å². The number of rotatable bonds is 8. The average Bonchev–Trinajstić information content (AvgIpc) is 3.32. The largest absolute Gasteiger partial charge is 0.493 e. The van der Waals surface area contributed by atoms with Crippen LogP contribution in [0.25, 0.3) is 11.3 Å². The fourth-order valence-electron chi connectivity index (χ4n) is 2.82. The van der Waals surface area contributed by atoms with Crippen molar-refractivity contribution in [2.75, 3.05) is 28.4 Å². The summed E-state index contributed by atoms with van der Waals surface area (Å²) in [6, 6.07) is 3.83. The molecular formula is C18H22N4O3S. The van der Waals surface area contributed by atoms with Gasteiger partial charge in [0.2, 0.25) is 5.75 Å². The van der Waals surface area contributed by atoms with Gasteiger partial charge in [0.15, 0.2) is 11.5 Å². The highest BCUT2D eigenvalue weighted by atomic mass is 32.1. The molecule has 0 atom stereocenters. The number of hydrogen-bond donors (Lipinski definition) is 1. The zero-order valence-electron chi connectivity index (χ0n) is 15.3. The van der Waals surface area contributed by atoms with Crippen LogP contribution in [0.15, 0.2) is 29.9 Å². The molecule has 0 spiro atoms. The first-order valence-corrected chi connectivity index (χ1v) is 8.93. The monoisotopic (exact) mass is 374 g/mol. The SMILES string of the molecule is COc1cc(-c2[nH]ncc2CN(C)Cc2nccs2)cc(OC)c1OC. The molecule has 8 heteroatoms. The van der Waals surface area contributed by atoms with Crippen LogP contribution in [0.3, 0.4) is 0 Å². The molecule has 0 saturated carbocycles. The third-order valence-corrected chi connectivity index (χ3v) is 4.76. The molecule has 0 aliphatic carbocycles. The lowest BCUT2D eigenvalue weighted by molar-refractivity contribution is 0.319. The Labute approximate surface area is 156 Å². The molecule has 3 rings (SSSR count). The molecule has 0 aliphatic rings. The highest BCUT2D eigenvalue weighted by Crippen LogP contribution is 2.41. The number of ether oxygens (including phenoxy) is 3. The van der Waals surface area contributed by atoms with Crippen LogP contribution in [0.2, 0.25) is 0 Å². The van der Waals surface area contributed by atoms with Crippen LogP contribution in [-0.2, 0) is 13.1 Å². The van der Waals surface area contributed by atoms with Gasteiger partial charge in [0.25, 0.3) is 0 Å². The molecule has 0 saturated heterocycles. The number of nitrogens with one attached hydrogen (secondary N) is 1. The first-order chi connectivity index (χ1) is 12.7. The Morgan fingerprint density at radius 2 is 1.81 bits per heavy atom. The summed E-state index contributed by atoms with van der Waals surface area (Å²) in [6.07, 6.45) is 3.67. The van der Waals surface area contributed by atoms with Crippen molar-refractivity contribution in [3.8, 4) is 28.5 Å². The molecule has 1 aromatic carbocycles. The number of benzene rings is 1. The third kappa shape index (κ3) is 3.81. The van der Waals surface area contributed by atoms with E-state index >= 15 is 0 Å². The summed E-state index contributed by atoms with van der Waals surface area (Å²) in [4.78, 5) is 6.54. The molecule has 3 aromatic rings. The first-order valence-electron chi connectivity index (χ1n) is 8.05. The number of thiazole rings is 1. The molecule has 0 radical (unpaired) electrons. The van der Waals surface area contributed by atoms with Gasteiger partial charge in [-0.05, 0) is 19.2 Å². The molecule has 0 unspecified atom stereocenters. The fourth-order valence-corrected chi connectivity index (χ4v) is 3.51. The van der Waals surface area contributed by atoms with Gasteiger partial charge in [-0.2, -0.15) is 5.10 Å². The van der Waals surface area contributed by atoms with Gasteiger partial charge in [0, 0.05) is 29.2 Å². The van der Waals surface area contributed by atoms with Crippen LogP contribution in [0.4, 0.5) is 0 Å². The van der Waals surface area contributed by atoms with Gasteiger partial charge in [0.05, 0.1) is 39.8 Å². The maximum Gasteiger partial charge on any atom is 0.203 e. The molecule has 7 nitrogen and oxygen atoms in total. The van der Waals surface area contributed by atoms with Crippen LogP contribution in [0.1, 0.15) is 10.6 Å². The molecule has 26 heavy (non-hydrogen) atoms. The molecule has 138 valence electrons. The number of aromatic amines is 1. The normalized spacial score (nSPS) is 11.0. The summed E-state index contributed by atoms with van der Waals surface area (Å²) < 4.78 is 16.3. The van der Waals surface area contributed by atoms with Gasteiger partial charge in [0.1, 0.15) is 5.01 Å². The number of aromatic nitrogens is 3. The van der Waals surface area contributed by atoms with Crippen molar-refractivity contribution in [1.82, 2.24) is 20.1 Å². The van der Waals surface area contributed by atoms with E-state index in [0.29, 0.717) is 17.2 Å². The average molecular weight is 374 g/mol. The topological polar surface area (TPSA) is 72.5 Å². The van der Waals surface area contributed by atoms with Crippen LogP contribution in [-0.4, -0.2) is 48.5 Å². The van der Waals surface area contributed by atoms with E-state index in [1.165, 1.54) is 0 Å². The quantitative estimate of drug-likeness (QED) is 0.653. The smallest absolute Gasteiger partial charge is 0.203 e. The van der Waals surface area contributed by atoms with E-state index in [9.17, 15) is 0 Å². The molecule has 2 heterocycles. The van der Waals surface area contributed by atoms with E-state index in [4.69, 9.17) is 14.2 Å². The molecule has 0 aliphatic heterocycles. The second-order valence-corrected chi connectivity index (χ2v) is 6.76. The van der Waals surface area contributed by atoms with E-state index in [1.807, 2.05) is 29.9 Å². The zero-order chi connectivity index (χ0) is 18.5. The van der Waals surface area contributed by atoms with Gasteiger partial charge in [-0.25, -0.2) is 4.98 Å². The van der Waals surface area contributed by atoms with Gasteiger partial charge < -0.3 is 14.2 Å². The van der Waals surface area contributed by atoms with Crippen LogP contribution in [0.5, 0.6) is 17.2 Å². The standard InChI is InChI=1S/C18H22N4O3S/c1-22(11-16-19-5-6-26-16)10-13-9-20-21-17(13)12-7-14(23-2)18(25-4)15(8-12)24-3/h5-9H,10-11H2,1-4H3,(H,20,21). The maximum atomic E-state index is 5.45. The van der Waals surface area contributed by atoms with E-state index in [0.717, 1.165) is 34.9 Å². The molecule has 0 fully saturated rings. The summed E-state index contributed by atoms with van der Waals surface area (Å²) in [7, 11) is 6.87. The zero-order valence-corrected chi connectivity index (χ0v) is 16.1. The lowest BCUT2D eigenvalue weighted by Crippen LogP contribution is -2.17. The van der Waals surface area contributed by atoms with E-state index in [-0.39, 0.29) is 0 Å². The minimum Gasteiger partial charge on any atom is -0.493 e. The summed E-state index contributed by atoms with van der Waals surface area (Å²) in [6.45, 7) is 1.53. The Bertz CT molecular complexity index is 823. The van der Waals surface area contributed by atoms with Crippen molar-refractivity contribution in [3.63, 3.8) is 0 Å². The highest BCUT2D eigenvalue weighted by molar-refractivity contribution is 7.09. The van der Waals surface area contributed by atoms with Crippen molar-refractivity contribution in [3.05, 3.63) is 40.5 Å². The fraction of sp³-hybridized carbons (Fsp3) is 0.333. The summed E-state index contributed by atoms with van der Waals surface area (Å²) >= 11 is 1.66. The van der Waals surface area contributed by atoms with E-state index in [1.54, 1.807) is 32.7 Å². The van der Waals surface area contributed by atoms with Crippen molar-refractivity contribution >= 4 is 11.3 Å². The second kappa shape index (κ2) is 8.20. The summed E-state index contributed by atoms with van der Waals surface area (Å²) in [5, 5.41) is 10.4. The van der Waals surface area contributed by atoms with Crippen LogP contribution in [0, 0.1) is 0 Å². The third-order valence-electron chi connectivity index (χ3n) is 4.00. The van der Waals surface area contributed by atoms with Gasteiger partial charge in [-0.1, -0.05) is 0 Å². The second-order valence-electron chi connectivity index (χ2n) is 5.78. The molecular weight excluding hydrogens is 352 g/mol. The number of H-pyrrole nitrogens is 1. The lowest BCUT2D eigenvalue weighted by Gasteiger charge is -2.16. The summed E-state index contributed by atoms with van der Waals surface area (Å²) in [5.74, 6) is 1.79. The Balaban J connectivity index is 1.88. The Hall–Kier alpha value is -2.58. The highest BCUT2D eigenvalue weighted by Gasteiger charge is 2.17. The molecule has 0 bridgehead atoms. The predicted octanol–water partition coefficient (Wildman–Crippen LogP) is 3.19. The van der Waals surface area contributed by atoms with Crippen molar-refractivity contribution in [2.24, 2.45) is 0 Å². The number of methoxy groups -OCH3 is 3. The van der Waals surface area contributed by atoms with Crippen LogP contribution >= 0.6 is 11.3 Å². The van der Waals surface area contributed by atoms with E-state index < -0.39 is 0 Å². The summed E-state index contributed by atoms with van der Waals surface area (Å²) in [5.41, 5.74) is 2.93. The molecule has 1 N–H and O–H groups in total. The maximum absolute atomic E-state index is 5.45. The lowest BCUT2D eigenvalue weighted by atomic mass is 10.1. The van der Waals surface area contributed by atoms with Crippen molar-refractivity contribution in [1.29, 1.82) is 0 Å².